The molecule has 1 N–H and O–H groups in total. The van der Waals surface area contributed by atoms with E-state index >= 15 is 0 Å². The van der Waals surface area contributed by atoms with Crippen LogP contribution in [0.15, 0.2) is 53.5 Å². The Labute approximate surface area is 125 Å². The molecule has 4 heteroatoms. The molecule has 0 fully saturated rings. The first-order valence-electron chi connectivity index (χ1n) is 7.19. The summed E-state index contributed by atoms with van der Waals surface area (Å²) in [4.78, 5) is 11.7. The van der Waals surface area contributed by atoms with Crippen molar-refractivity contribution in [2.45, 2.75) is 19.4 Å². The van der Waals surface area contributed by atoms with Gasteiger partial charge in [0.1, 0.15) is 0 Å². The zero-order chi connectivity index (χ0) is 15.1. The normalized spacial score (nSPS) is 12.1. The third-order valence-electron chi connectivity index (χ3n) is 3.50. The van der Waals surface area contributed by atoms with Gasteiger partial charge in [-0.1, -0.05) is 37.3 Å². The van der Waals surface area contributed by atoms with Gasteiger partial charge in [-0.15, -0.1) is 0 Å². The standard InChI is InChI=1S/C17H22N2O2/c1-14(15-6-4-3-5-7-15)12-18-16-8-9-17(20)19(13-16)10-11-21-2/h3-9,13-14,18H,10-12H2,1-2H3. The number of aromatic nitrogens is 1. The van der Waals surface area contributed by atoms with Crippen molar-refractivity contribution in [2.75, 3.05) is 25.6 Å². The Kier molecular flexibility index (Phi) is 5.58. The van der Waals surface area contributed by atoms with Gasteiger partial charge in [0.15, 0.2) is 0 Å². The minimum atomic E-state index is -0.00583. The second-order valence-electron chi connectivity index (χ2n) is 5.13. The summed E-state index contributed by atoms with van der Waals surface area (Å²) < 4.78 is 6.68. The zero-order valence-electron chi connectivity index (χ0n) is 12.6. The van der Waals surface area contributed by atoms with Gasteiger partial charge in [0, 0.05) is 32.5 Å². The highest BCUT2D eigenvalue weighted by molar-refractivity contribution is 5.41. The second kappa shape index (κ2) is 7.64. The molecule has 0 aliphatic carbocycles. The first kappa shape index (κ1) is 15.3. The third-order valence-corrected chi connectivity index (χ3v) is 3.50. The molecule has 1 atom stereocenters. The zero-order valence-corrected chi connectivity index (χ0v) is 12.6. The Morgan fingerprint density at radius 1 is 1.19 bits per heavy atom. The van der Waals surface area contributed by atoms with Crippen molar-refractivity contribution in [3.05, 3.63) is 64.6 Å². The molecule has 0 spiro atoms. The summed E-state index contributed by atoms with van der Waals surface area (Å²) in [5.74, 6) is 0.408. The summed E-state index contributed by atoms with van der Waals surface area (Å²) in [5.41, 5.74) is 2.25. The summed E-state index contributed by atoms with van der Waals surface area (Å²) in [7, 11) is 1.63. The Hall–Kier alpha value is -2.07. The van der Waals surface area contributed by atoms with Gasteiger partial charge in [-0.3, -0.25) is 4.79 Å². The molecule has 1 aromatic carbocycles. The maximum Gasteiger partial charge on any atom is 0.250 e. The monoisotopic (exact) mass is 286 g/mol. The SMILES string of the molecule is COCCn1cc(NCC(C)c2ccccc2)ccc1=O. The van der Waals surface area contributed by atoms with Crippen LogP contribution in [-0.2, 0) is 11.3 Å². The molecule has 1 aromatic heterocycles. The van der Waals surface area contributed by atoms with Gasteiger partial charge in [0.05, 0.1) is 12.3 Å². The van der Waals surface area contributed by atoms with Gasteiger partial charge in [0.2, 0.25) is 0 Å². The molecule has 2 aromatic rings. The molecule has 2 rings (SSSR count). The van der Waals surface area contributed by atoms with E-state index in [1.807, 2.05) is 18.3 Å². The van der Waals surface area contributed by atoms with Crippen LogP contribution in [0.25, 0.3) is 0 Å². The van der Waals surface area contributed by atoms with Crippen LogP contribution in [0.1, 0.15) is 18.4 Å². The molecule has 1 unspecified atom stereocenters. The van der Waals surface area contributed by atoms with E-state index in [2.05, 4.69) is 36.5 Å². The van der Waals surface area contributed by atoms with E-state index < -0.39 is 0 Å². The number of hydrogen-bond donors (Lipinski definition) is 1. The molecule has 0 bridgehead atoms. The van der Waals surface area contributed by atoms with Crippen molar-refractivity contribution < 1.29 is 4.74 Å². The maximum absolute atomic E-state index is 11.7. The maximum atomic E-state index is 11.7. The number of ether oxygens (including phenoxy) is 1. The molecule has 0 saturated heterocycles. The van der Waals surface area contributed by atoms with E-state index in [0.29, 0.717) is 19.1 Å². The molecule has 0 aliphatic rings. The Morgan fingerprint density at radius 3 is 2.67 bits per heavy atom. The molecule has 0 radical (unpaired) electrons. The number of anilines is 1. The second-order valence-corrected chi connectivity index (χ2v) is 5.13. The van der Waals surface area contributed by atoms with Crippen LogP contribution in [0.2, 0.25) is 0 Å². The lowest BCUT2D eigenvalue weighted by molar-refractivity contribution is 0.186. The van der Waals surface area contributed by atoms with Crippen molar-refractivity contribution in [1.82, 2.24) is 4.57 Å². The van der Waals surface area contributed by atoms with E-state index in [-0.39, 0.29) is 5.56 Å². The summed E-state index contributed by atoms with van der Waals surface area (Å²) in [6.45, 7) is 4.11. The van der Waals surface area contributed by atoms with Crippen molar-refractivity contribution >= 4 is 5.69 Å². The summed E-state index contributed by atoms with van der Waals surface area (Å²) >= 11 is 0. The van der Waals surface area contributed by atoms with E-state index in [1.54, 1.807) is 17.7 Å². The van der Waals surface area contributed by atoms with Crippen LogP contribution < -0.4 is 10.9 Å². The number of benzene rings is 1. The number of hydrogen-bond acceptors (Lipinski definition) is 3. The average Bonchev–Trinajstić information content (AvgIpc) is 2.53. The highest BCUT2D eigenvalue weighted by atomic mass is 16.5. The summed E-state index contributed by atoms with van der Waals surface area (Å²) in [6.07, 6.45) is 1.85. The fourth-order valence-corrected chi connectivity index (χ4v) is 2.17. The summed E-state index contributed by atoms with van der Waals surface area (Å²) in [5, 5.41) is 3.39. The first-order valence-corrected chi connectivity index (χ1v) is 7.19. The Balaban J connectivity index is 1.98. The van der Waals surface area contributed by atoms with E-state index in [9.17, 15) is 4.79 Å². The lowest BCUT2D eigenvalue weighted by Crippen LogP contribution is -2.21. The third kappa shape index (κ3) is 4.46. The van der Waals surface area contributed by atoms with Crippen molar-refractivity contribution in [3.8, 4) is 0 Å². The van der Waals surface area contributed by atoms with E-state index in [0.717, 1.165) is 12.2 Å². The van der Waals surface area contributed by atoms with Gasteiger partial charge in [-0.05, 0) is 17.5 Å². The topological polar surface area (TPSA) is 43.3 Å². The lowest BCUT2D eigenvalue weighted by Gasteiger charge is -2.15. The molecular weight excluding hydrogens is 264 g/mol. The van der Waals surface area contributed by atoms with Crippen molar-refractivity contribution in [3.63, 3.8) is 0 Å². The number of nitrogens with zero attached hydrogens (tertiary/aromatic N) is 1. The smallest absolute Gasteiger partial charge is 0.250 e. The van der Waals surface area contributed by atoms with Crippen molar-refractivity contribution in [2.24, 2.45) is 0 Å². The van der Waals surface area contributed by atoms with Gasteiger partial charge < -0.3 is 14.6 Å². The minimum Gasteiger partial charge on any atom is -0.383 e. The lowest BCUT2D eigenvalue weighted by atomic mass is 10.0. The number of methoxy groups -OCH3 is 1. The molecule has 0 aliphatic heterocycles. The van der Waals surface area contributed by atoms with Crippen LogP contribution in [-0.4, -0.2) is 24.8 Å². The largest absolute Gasteiger partial charge is 0.383 e. The van der Waals surface area contributed by atoms with Crippen molar-refractivity contribution in [1.29, 1.82) is 0 Å². The predicted octanol–water partition coefficient (Wildman–Crippen LogP) is 2.71. The van der Waals surface area contributed by atoms with Crippen LogP contribution in [0.3, 0.4) is 0 Å². The number of nitrogens with one attached hydrogen (secondary N) is 1. The van der Waals surface area contributed by atoms with Gasteiger partial charge in [0.25, 0.3) is 5.56 Å². The van der Waals surface area contributed by atoms with Gasteiger partial charge >= 0.3 is 0 Å². The minimum absolute atomic E-state index is 0.00583. The highest BCUT2D eigenvalue weighted by Crippen LogP contribution is 2.15. The summed E-state index contributed by atoms with van der Waals surface area (Å²) in [6, 6.07) is 13.8. The van der Waals surface area contributed by atoms with Gasteiger partial charge in [-0.2, -0.15) is 0 Å². The molecule has 1 heterocycles. The Bertz CT molecular complexity index is 608. The van der Waals surface area contributed by atoms with Crippen LogP contribution in [0.5, 0.6) is 0 Å². The molecule has 21 heavy (non-hydrogen) atoms. The van der Waals surface area contributed by atoms with E-state index in [1.165, 1.54) is 5.56 Å². The first-order chi connectivity index (χ1) is 10.2. The van der Waals surface area contributed by atoms with Gasteiger partial charge in [-0.25, -0.2) is 0 Å². The van der Waals surface area contributed by atoms with Crippen LogP contribution >= 0.6 is 0 Å². The Morgan fingerprint density at radius 2 is 1.95 bits per heavy atom. The molecule has 4 nitrogen and oxygen atoms in total. The van der Waals surface area contributed by atoms with Crippen LogP contribution in [0.4, 0.5) is 5.69 Å². The molecule has 0 saturated carbocycles. The molecule has 112 valence electrons. The van der Waals surface area contributed by atoms with Crippen LogP contribution in [0, 0.1) is 0 Å². The highest BCUT2D eigenvalue weighted by Gasteiger charge is 2.05. The van der Waals surface area contributed by atoms with E-state index in [4.69, 9.17) is 4.74 Å². The number of pyridine rings is 1. The quantitative estimate of drug-likeness (QED) is 0.851. The average molecular weight is 286 g/mol. The predicted molar refractivity (Wildman–Crippen MR) is 85.9 cm³/mol. The number of rotatable bonds is 7. The molecular formula is C17H22N2O2. The fraction of sp³-hybridized carbons (Fsp3) is 0.353. The fourth-order valence-electron chi connectivity index (χ4n) is 2.17. The molecule has 0 amide bonds.